The molecule has 1 saturated heterocycles. The van der Waals surface area contributed by atoms with Crippen molar-refractivity contribution >= 4 is 40.8 Å². The molecule has 3 rings (SSSR count). The average Bonchev–Trinajstić information content (AvgIpc) is 2.89. The Hall–Kier alpha value is -2.31. The van der Waals surface area contributed by atoms with Crippen molar-refractivity contribution in [2.45, 2.75) is 6.42 Å². The molecule has 0 atom stereocenters. The van der Waals surface area contributed by atoms with E-state index in [0.29, 0.717) is 43.3 Å². The number of carbonyl (C=O) groups excluding carboxylic acids is 2. The normalized spacial score (nSPS) is 14.6. The fraction of sp³-hybridized carbons (Fsp3) is 0.263. The van der Waals surface area contributed by atoms with Crippen molar-refractivity contribution in [1.29, 1.82) is 0 Å². The van der Waals surface area contributed by atoms with E-state index in [2.05, 4.69) is 5.32 Å². The van der Waals surface area contributed by atoms with Gasteiger partial charge in [-0.1, -0.05) is 23.2 Å². The van der Waals surface area contributed by atoms with Crippen molar-refractivity contribution in [1.82, 2.24) is 9.80 Å². The molecule has 8 heteroatoms. The molecule has 2 aromatic rings. The van der Waals surface area contributed by atoms with E-state index in [9.17, 15) is 14.0 Å². The molecule has 0 saturated carbocycles. The first-order valence-electron chi connectivity index (χ1n) is 8.50. The average molecular weight is 410 g/mol. The number of urea groups is 1. The van der Waals surface area contributed by atoms with Crippen LogP contribution < -0.4 is 5.32 Å². The summed E-state index contributed by atoms with van der Waals surface area (Å²) in [4.78, 5) is 28.4. The van der Waals surface area contributed by atoms with Crippen LogP contribution in [-0.2, 0) is 0 Å². The molecule has 142 valence electrons. The summed E-state index contributed by atoms with van der Waals surface area (Å²) in [6.45, 7) is 1.79. The summed E-state index contributed by atoms with van der Waals surface area (Å²) >= 11 is 11.8. The molecule has 0 unspecified atom stereocenters. The van der Waals surface area contributed by atoms with Gasteiger partial charge in [-0.3, -0.25) is 4.79 Å². The molecule has 1 heterocycles. The molecule has 1 aliphatic rings. The molecule has 1 fully saturated rings. The summed E-state index contributed by atoms with van der Waals surface area (Å²) < 4.78 is 13.2. The molecule has 0 radical (unpaired) electrons. The number of anilines is 1. The Morgan fingerprint density at radius 2 is 1.59 bits per heavy atom. The molecule has 0 bridgehead atoms. The summed E-state index contributed by atoms with van der Waals surface area (Å²) in [5, 5.41) is 3.50. The highest BCUT2D eigenvalue weighted by atomic mass is 35.5. The third-order valence-electron chi connectivity index (χ3n) is 4.33. The number of carbonyl (C=O) groups is 2. The summed E-state index contributed by atoms with van der Waals surface area (Å²) in [5.41, 5.74) is 0.914. The smallest absolute Gasteiger partial charge is 0.321 e. The summed E-state index contributed by atoms with van der Waals surface area (Å²) in [7, 11) is 0. The molecule has 2 aromatic carbocycles. The lowest BCUT2D eigenvalue weighted by Gasteiger charge is -2.23. The van der Waals surface area contributed by atoms with Crippen molar-refractivity contribution in [2.24, 2.45) is 0 Å². The topological polar surface area (TPSA) is 52.7 Å². The fourth-order valence-electron chi connectivity index (χ4n) is 2.89. The van der Waals surface area contributed by atoms with Crippen LogP contribution in [0, 0.1) is 5.82 Å². The Labute approximate surface area is 166 Å². The van der Waals surface area contributed by atoms with Crippen LogP contribution >= 0.6 is 23.2 Å². The standard InChI is InChI=1S/C19H18Cl2FN3O2/c20-13-2-5-15(6-3-13)23-19(27)25-9-1-8-24(10-11-25)18(26)16-7-4-14(22)12-17(16)21/h2-7,12H,1,8-11H2,(H,23,27). The van der Waals surface area contributed by atoms with Gasteiger partial charge in [-0.25, -0.2) is 9.18 Å². The van der Waals surface area contributed by atoms with Gasteiger partial charge in [-0.2, -0.15) is 0 Å². The second-order valence-corrected chi connectivity index (χ2v) is 7.04. The number of halogens is 3. The number of rotatable bonds is 2. The Balaban J connectivity index is 1.62. The van der Waals surface area contributed by atoms with Gasteiger partial charge in [0.25, 0.3) is 5.91 Å². The second-order valence-electron chi connectivity index (χ2n) is 6.19. The van der Waals surface area contributed by atoms with Gasteiger partial charge in [0.2, 0.25) is 0 Å². The van der Waals surface area contributed by atoms with Crippen molar-refractivity contribution in [3.8, 4) is 0 Å². The number of nitrogens with one attached hydrogen (secondary N) is 1. The Bertz CT molecular complexity index is 845. The maximum Gasteiger partial charge on any atom is 0.321 e. The molecule has 3 amide bonds. The van der Waals surface area contributed by atoms with E-state index in [-0.39, 0.29) is 22.5 Å². The molecule has 27 heavy (non-hydrogen) atoms. The van der Waals surface area contributed by atoms with E-state index in [1.807, 2.05) is 0 Å². The van der Waals surface area contributed by atoms with Gasteiger partial charge in [0.15, 0.2) is 0 Å². The highest BCUT2D eigenvalue weighted by molar-refractivity contribution is 6.33. The van der Waals surface area contributed by atoms with Gasteiger partial charge in [-0.05, 0) is 48.9 Å². The van der Waals surface area contributed by atoms with Gasteiger partial charge in [-0.15, -0.1) is 0 Å². The maximum atomic E-state index is 13.2. The fourth-order valence-corrected chi connectivity index (χ4v) is 3.27. The number of hydrogen-bond acceptors (Lipinski definition) is 2. The summed E-state index contributed by atoms with van der Waals surface area (Å²) in [6, 6.07) is 10.3. The number of hydrogen-bond donors (Lipinski definition) is 1. The third-order valence-corrected chi connectivity index (χ3v) is 4.89. The lowest BCUT2D eigenvalue weighted by atomic mass is 10.2. The summed E-state index contributed by atoms with van der Waals surface area (Å²) in [5.74, 6) is -0.752. The van der Waals surface area contributed by atoms with Crippen LogP contribution in [0.5, 0.6) is 0 Å². The summed E-state index contributed by atoms with van der Waals surface area (Å²) in [6.07, 6.45) is 0.637. The molecule has 5 nitrogen and oxygen atoms in total. The predicted octanol–water partition coefficient (Wildman–Crippen LogP) is 4.51. The van der Waals surface area contributed by atoms with Gasteiger partial charge in [0, 0.05) is 36.9 Å². The van der Waals surface area contributed by atoms with Crippen LogP contribution in [0.3, 0.4) is 0 Å². The van der Waals surface area contributed by atoms with E-state index in [1.165, 1.54) is 12.1 Å². The molecule has 0 spiro atoms. The van der Waals surface area contributed by atoms with E-state index >= 15 is 0 Å². The first-order valence-corrected chi connectivity index (χ1v) is 9.25. The SMILES string of the molecule is O=C(Nc1ccc(Cl)cc1)N1CCCN(C(=O)c2ccc(F)cc2Cl)CC1. The van der Waals surface area contributed by atoms with E-state index in [1.54, 1.807) is 34.1 Å². The maximum absolute atomic E-state index is 13.2. The predicted molar refractivity (Wildman–Crippen MR) is 104 cm³/mol. The first kappa shape index (κ1) is 19.5. The Morgan fingerprint density at radius 3 is 2.30 bits per heavy atom. The third kappa shape index (κ3) is 4.90. The van der Waals surface area contributed by atoms with Crippen LogP contribution in [0.25, 0.3) is 0 Å². The van der Waals surface area contributed by atoms with Crippen LogP contribution in [0.1, 0.15) is 16.8 Å². The Morgan fingerprint density at radius 1 is 0.926 bits per heavy atom. The minimum Gasteiger partial charge on any atom is -0.337 e. The van der Waals surface area contributed by atoms with E-state index in [0.717, 1.165) is 6.07 Å². The Kier molecular flexibility index (Phi) is 6.19. The molecule has 0 aliphatic carbocycles. The van der Waals surface area contributed by atoms with Gasteiger partial charge in [0.05, 0.1) is 10.6 Å². The number of nitrogens with zero attached hydrogens (tertiary/aromatic N) is 2. The lowest BCUT2D eigenvalue weighted by molar-refractivity contribution is 0.0763. The van der Waals surface area contributed by atoms with Crippen LogP contribution in [0.2, 0.25) is 10.0 Å². The molecule has 0 aromatic heterocycles. The number of benzene rings is 2. The quantitative estimate of drug-likeness (QED) is 0.792. The largest absolute Gasteiger partial charge is 0.337 e. The zero-order valence-corrected chi connectivity index (χ0v) is 15.9. The van der Waals surface area contributed by atoms with Crippen molar-refractivity contribution in [2.75, 3.05) is 31.5 Å². The van der Waals surface area contributed by atoms with E-state index in [4.69, 9.17) is 23.2 Å². The molecule has 1 N–H and O–H groups in total. The minimum atomic E-state index is -0.488. The highest BCUT2D eigenvalue weighted by Gasteiger charge is 2.24. The van der Waals surface area contributed by atoms with Gasteiger partial charge < -0.3 is 15.1 Å². The molecule has 1 aliphatic heterocycles. The van der Waals surface area contributed by atoms with Crippen LogP contribution in [-0.4, -0.2) is 47.9 Å². The lowest BCUT2D eigenvalue weighted by Crippen LogP contribution is -2.39. The highest BCUT2D eigenvalue weighted by Crippen LogP contribution is 2.20. The van der Waals surface area contributed by atoms with Gasteiger partial charge in [0.1, 0.15) is 5.82 Å². The second kappa shape index (κ2) is 8.59. The van der Waals surface area contributed by atoms with Crippen molar-refractivity contribution in [3.63, 3.8) is 0 Å². The number of amides is 3. The monoisotopic (exact) mass is 409 g/mol. The van der Waals surface area contributed by atoms with Crippen LogP contribution in [0.15, 0.2) is 42.5 Å². The molecular weight excluding hydrogens is 392 g/mol. The minimum absolute atomic E-state index is 0.0848. The zero-order chi connectivity index (χ0) is 19.4. The van der Waals surface area contributed by atoms with Crippen LogP contribution in [0.4, 0.5) is 14.9 Å². The zero-order valence-electron chi connectivity index (χ0n) is 14.4. The first-order chi connectivity index (χ1) is 12.9. The van der Waals surface area contributed by atoms with Crippen molar-refractivity contribution in [3.05, 3.63) is 63.9 Å². The molecular formula is C19H18Cl2FN3O2. The van der Waals surface area contributed by atoms with E-state index < -0.39 is 5.82 Å². The van der Waals surface area contributed by atoms with Crippen molar-refractivity contribution < 1.29 is 14.0 Å². The van der Waals surface area contributed by atoms with Gasteiger partial charge >= 0.3 is 6.03 Å².